The number of aliphatic hydroxyl groups excluding tert-OH is 8. The first-order chi connectivity index (χ1) is 10.8. The standard InChI is InChI=1S/C12H22O11/c13-1-4(16)7(18)11(5(17)2-14)23-12-10(21)9(20)8(19)6(3-15)22-12/h1,4-12,14-21H,2-3H2/t4-,5-,6+,7+,8+,9-,10+,11+,12-/m1/s1. The van der Waals surface area contributed by atoms with Crippen molar-refractivity contribution in [1.82, 2.24) is 0 Å². The predicted molar refractivity (Wildman–Crippen MR) is 69.8 cm³/mol. The second-order valence-electron chi connectivity index (χ2n) is 5.17. The molecule has 0 spiro atoms. The fourth-order valence-corrected chi connectivity index (χ4v) is 2.11. The predicted octanol–water partition coefficient (Wildman–Crippen LogP) is -5.55. The van der Waals surface area contributed by atoms with Gasteiger partial charge >= 0.3 is 0 Å². The monoisotopic (exact) mass is 342 g/mol. The van der Waals surface area contributed by atoms with E-state index in [0.717, 1.165) is 0 Å². The van der Waals surface area contributed by atoms with Gasteiger partial charge in [-0.3, -0.25) is 0 Å². The second-order valence-corrected chi connectivity index (χ2v) is 5.17. The molecule has 1 saturated heterocycles. The van der Waals surface area contributed by atoms with Crippen LogP contribution in [0.1, 0.15) is 0 Å². The normalized spacial score (nSPS) is 37.0. The molecule has 0 aromatic rings. The maximum absolute atomic E-state index is 10.5. The van der Waals surface area contributed by atoms with E-state index in [1.165, 1.54) is 0 Å². The van der Waals surface area contributed by atoms with E-state index in [0.29, 0.717) is 0 Å². The number of carbonyl (C=O) groups is 1. The first-order valence-corrected chi connectivity index (χ1v) is 6.84. The lowest BCUT2D eigenvalue weighted by Crippen LogP contribution is -2.61. The van der Waals surface area contributed by atoms with Crippen LogP contribution in [0, 0.1) is 0 Å². The van der Waals surface area contributed by atoms with Crippen LogP contribution >= 0.6 is 0 Å². The number of hydrogen-bond donors (Lipinski definition) is 8. The van der Waals surface area contributed by atoms with E-state index in [-0.39, 0.29) is 6.29 Å². The molecule has 11 nitrogen and oxygen atoms in total. The highest BCUT2D eigenvalue weighted by Gasteiger charge is 2.46. The van der Waals surface area contributed by atoms with Crippen molar-refractivity contribution in [3.63, 3.8) is 0 Å². The average molecular weight is 342 g/mol. The average Bonchev–Trinajstić information content (AvgIpc) is 2.57. The fourth-order valence-electron chi connectivity index (χ4n) is 2.11. The van der Waals surface area contributed by atoms with E-state index < -0.39 is 68.3 Å². The van der Waals surface area contributed by atoms with Crippen LogP contribution in [0.25, 0.3) is 0 Å². The molecule has 1 fully saturated rings. The van der Waals surface area contributed by atoms with Crippen LogP contribution in [0.3, 0.4) is 0 Å². The van der Waals surface area contributed by atoms with Crippen molar-refractivity contribution in [2.45, 2.75) is 55.1 Å². The van der Waals surface area contributed by atoms with Crippen molar-refractivity contribution in [3.05, 3.63) is 0 Å². The van der Waals surface area contributed by atoms with Crippen LogP contribution in [0.5, 0.6) is 0 Å². The summed E-state index contributed by atoms with van der Waals surface area (Å²) < 4.78 is 10.1. The van der Waals surface area contributed by atoms with Gasteiger partial charge in [0.1, 0.15) is 48.8 Å². The maximum Gasteiger partial charge on any atom is 0.187 e. The Morgan fingerprint density at radius 1 is 1.04 bits per heavy atom. The molecule has 0 saturated carbocycles. The van der Waals surface area contributed by atoms with Gasteiger partial charge in [0.15, 0.2) is 12.6 Å². The van der Waals surface area contributed by atoms with E-state index in [1.807, 2.05) is 0 Å². The highest BCUT2D eigenvalue weighted by Crippen LogP contribution is 2.24. The van der Waals surface area contributed by atoms with E-state index in [2.05, 4.69) is 0 Å². The Morgan fingerprint density at radius 2 is 1.65 bits per heavy atom. The molecule has 23 heavy (non-hydrogen) atoms. The summed E-state index contributed by atoms with van der Waals surface area (Å²) in [7, 11) is 0. The molecule has 0 amide bonds. The number of aldehydes is 1. The van der Waals surface area contributed by atoms with Crippen molar-refractivity contribution in [2.24, 2.45) is 0 Å². The Hall–Kier alpha value is -0.730. The first kappa shape index (κ1) is 20.3. The van der Waals surface area contributed by atoms with Gasteiger partial charge in [0.05, 0.1) is 13.2 Å². The number of carbonyl (C=O) groups excluding carboxylic acids is 1. The van der Waals surface area contributed by atoms with E-state index in [1.54, 1.807) is 0 Å². The molecule has 0 bridgehead atoms. The molecule has 0 aromatic heterocycles. The largest absolute Gasteiger partial charge is 0.394 e. The second kappa shape index (κ2) is 8.94. The van der Waals surface area contributed by atoms with Crippen molar-refractivity contribution in [1.29, 1.82) is 0 Å². The van der Waals surface area contributed by atoms with E-state index >= 15 is 0 Å². The quantitative estimate of drug-likeness (QED) is 0.196. The van der Waals surface area contributed by atoms with Crippen LogP contribution < -0.4 is 0 Å². The SMILES string of the molecule is O=C[C@@H](O)[C@H](O)[C@@H](O[C@H]1O[C@@H](CO)[C@H](O)[C@@H](O)[C@@H]1O)[C@H](O)CO. The van der Waals surface area contributed by atoms with Crippen LogP contribution in [0.4, 0.5) is 0 Å². The molecule has 9 atom stereocenters. The molecule has 11 heteroatoms. The highest BCUT2D eigenvalue weighted by atomic mass is 16.7. The van der Waals surface area contributed by atoms with Crippen LogP contribution in [0.2, 0.25) is 0 Å². The van der Waals surface area contributed by atoms with Crippen LogP contribution in [0.15, 0.2) is 0 Å². The number of rotatable bonds is 8. The van der Waals surface area contributed by atoms with Gasteiger partial charge in [-0.15, -0.1) is 0 Å². The maximum atomic E-state index is 10.5. The van der Waals surface area contributed by atoms with E-state index in [9.17, 15) is 35.4 Å². The van der Waals surface area contributed by atoms with Gasteiger partial charge in [-0.25, -0.2) is 0 Å². The lowest BCUT2D eigenvalue weighted by molar-refractivity contribution is -0.326. The third kappa shape index (κ3) is 4.64. The molecule has 1 aliphatic rings. The number of aliphatic hydroxyl groups is 8. The molecular formula is C12H22O11. The van der Waals surface area contributed by atoms with Crippen molar-refractivity contribution in [3.8, 4) is 0 Å². The Bertz CT molecular complexity index is 365. The van der Waals surface area contributed by atoms with Gasteiger partial charge in [-0.1, -0.05) is 0 Å². The van der Waals surface area contributed by atoms with E-state index in [4.69, 9.17) is 19.7 Å². The Balaban J connectivity index is 2.91. The summed E-state index contributed by atoms with van der Waals surface area (Å²) in [6.07, 6.45) is -15.7. The summed E-state index contributed by atoms with van der Waals surface area (Å²) in [6.45, 7) is -1.64. The Labute approximate surface area is 130 Å². The fraction of sp³-hybridized carbons (Fsp3) is 0.917. The Kier molecular flexibility index (Phi) is 7.89. The molecule has 0 aromatic carbocycles. The zero-order chi connectivity index (χ0) is 17.7. The molecule has 1 rings (SSSR count). The van der Waals surface area contributed by atoms with Gasteiger partial charge in [0.25, 0.3) is 0 Å². The summed E-state index contributed by atoms with van der Waals surface area (Å²) in [6, 6.07) is 0. The molecular weight excluding hydrogens is 320 g/mol. The lowest BCUT2D eigenvalue weighted by Gasteiger charge is -2.42. The van der Waals surface area contributed by atoms with Gasteiger partial charge in [-0.2, -0.15) is 0 Å². The summed E-state index contributed by atoms with van der Waals surface area (Å²) in [5.41, 5.74) is 0. The van der Waals surface area contributed by atoms with Crippen molar-refractivity contribution < 1.29 is 55.1 Å². The highest BCUT2D eigenvalue weighted by molar-refractivity contribution is 5.56. The van der Waals surface area contributed by atoms with Gasteiger partial charge < -0.3 is 55.1 Å². The van der Waals surface area contributed by atoms with Crippen LogP contribution in [-0.4, -0.2) is 115 Å². The number of ether oxygens (including phenoxy) is 2. The summed E-state index contributed by atoms with van der Waals surface area (Å²) in [5, 5.41) is 75.7. The minimum Gasteiger partial charge on any atom is -0.394 e. The minimum absolute atomic E-state index is 0.0294. The molecule has 136 valence electrons. The molecule has 0 aliphatic carbocycles. The number of hydrogen-bond acceptors (Lipinski definition) is 11. The summed E-state index contributed by atoms with van der Waals surface area (Å²) in [4.78, 5) is 10.5. The lowest BCUT2D eigenvalue weighted by atomic mass is 9.98. The molecule has 0 unspecified atom stereocenters. The zero-order valence-corrected chi connectivity index (χ0v) is 12.0. The zero-order valence-electron chi connectivity index (χ0n) is 12.0. The van der Waals surface area contributed by atoms with Gasteiger partial charge in [0, 0.05) is 0 Å². The molecule has 0 radical (unpaired) electrons. The Morgan fingerprint density at radius 3 is 2.13 bits per heavy atom. The molecule has 1 aliphatic heterocycles. The smallest absolute Gasteiger partial charge is 0.187 e. The first-order valence-electron chi connectivity index (χ1n) is 6.84. The van der Waals surface area contributed by atoms with Gasteiger partial charge in [0.2, 0.25) is 0 Å². The van der Waals surface area contributed by atoms with Gasteiger partial charge in [-0.05, 0) is 0 Å². The third-order valence-corrected chi connectivity index (χ3v) is 3.53. The van der Waals surface area contributed by atoms with Crippen LogP contribution in [-0.2, 0) is 14.3 Å². The summed E-state index contributed by atoms with van der Waals surface area (Å²) in [5.74, 6) is 0. The van der Waals surface area contributed by atoms with Crippen molar-refractivity contribution in [2.75, 3.05) is 13.2 Å². The van der Waals surface area contributed by atoms with Crippen molar-refractivity contribution >= 4 is 6.29 Å². The topological polar surface area (TPSA) is 197 Å². The molecule has 8 N–H and O–H groups in total. The summed E-state index contributed by atoms with van der Waals surface area (Å²) >= 11 is 0. The third-order valence-electron chi connectivity index (χ3n) is 3.53. The molecule has 1 heterocycles. The minimum atomic E-state index is -1.97.